The van der Waals surface area contributed by atoms with Gasteiger partial charge in [0.15, 0.2) is 0 Å². The van der Waals surface area contributed by atoms with Gasteiger partial charge < -0.3 is 4.74 Å². The van der Waals surface area contributed by atoms with Gasteiger partial charge in [0.1, 0.15) is 6.10 Å². The lowest BCUT2D eigenvalue weighted by Gasteiger charge is -2.28. The van der Waals surface area contributed by atoms with Crippen molar-refractivity contribution in [2.75, 3.05) is 0 Å². The molecule has 0 aliphatic heterocycles. The second-order valence-electron chi connectivity index (χ2n) is 5.84. The molecular formula is C18H21F3O2. The Morgan fingerprint density at radius 3 is 2.30 bits per heavy atom. The van der Waals surface area contributed by atoms with Crippen LogP contribution in [-0.4, -0.2) is 12.1 Å². The largest absolute Gasteiger partial charge is 0.459 e. The molecular weight excluding hydrogens is 305 g/mol. The second kappa shape index (κ2) is 7.66. The van der Waals surface area contributed by atoms with Crippen LogP contribution >= 0.6 is 0 Å². The van der Waals surface area contributed by atoms with E-state index in [0.29, 0.717) is 0 Å². The molecule has 0 aromatic heterocycles. The Morgan fingerprint density at radius 2 is 1.78 bits per heavy atom. The molecule has 1 saturated carbocycles. The zero-order valence-electron chi connectivity index (χ0n) is 13.1. The first-order valence-electron chi connectivity index (χ1n) is 7.94. The van der Waals surface area contributed by atoms with Crippen LogP contribution in [0.5, 0.6) is 0 Å². The average molecular weight is 326 g/mol. The summed E-state index contributed by atoms with van der Waals surface area (Å²) in [6.07, 6.45) is 2.75. The van der Waals surface area contributed by atoms with E-state index in [0.717, 1.165) is 49.8 Å². The standard InChI is InChI=1S/C18H21F3O2/c1-2-3-4-17(22)23-16-11-7-14(8-12-16)13-5-9-15(10-6-13)18(19,20)21/h3-6,9-10,14,16H,2,7-8,11-12H2,1H3/b4-3+. The van der Waals surface area contributed by atoms with Crippen molar-refractivity contribution in [3.63, 3.8) is 0 Å². The van der Waals surface area contributed by atoms with Crippen LogP contribution in [0.1, 0.15) is 56.1 Å². The number of halogens is 3. The Balaban J connectivity index is 1.87. The van der Waals surface area contributed by atoms with Crippen LogP contribution in [0, 0.1) is 0 Å². The first-order valence-corrected chi connectivity index (χ1v) is 7.94. The molecule has 2 rings (SSSR count). The monoisotopic (exact) mass is 326 g/mol. The highest BCUT2D eigenvalue weighted by Gasteiger charge is 2.31. The van der Waals surface area contributed by atoms with E-state index in [9.17, 15) is 18.0 Å². The number of allylic oxidation sites excluding steroid dienone is 1. The van der Waals surface area contributed by atoms with Gasteiger partial charge in [-0.25, -0.2) is 4.79 Å². The molecule has 0 spiro atoms. The van der Waals surface area contributed by atoms with Crippen molar-refractivity contribution in [2.45, 2.75) is 57.2 Å². The number of alkyl halides is 3. The topological polar surface area (TPSA) is 26.3 Å². The highest BCUT2D eigenvalue weighted by molar-refractivity contribution is 5.82. The maximum absolute atomic E-state index is 12.6. The normalized spacial score (nSPS) is 22.3. The predicted octanol–water partition coefficient (Wildman–Crippen LogP) is 5.24. The number of carbonyl (C=O) groups is 1. The molecule has 1 aromatic rings. The van der Waals surface area contributed by atoms with Crippen LogP contribution in [-0.2, 0) is 15.7 Å². The van der Waals surface area contributed by atoms with E-state index in [1.807, 2.05) is 6.92 Å². The summed E-state index contributed by atoms with van der Waals surface area (Å²) in [4.78, 5) is 11.5. The van der Waals surface area contributed by atoms with E-state index in [2.05, 4.69) is 0 Å². The van der Waals surface area contributed by atoms with Crippen molar-refractivity contribution in [1.82, 2.24) is 0 Å². The molecule has 0 unspecified atom stereocenters. The first-order chi connectivity index (χ1) is 10.9. The van der Waals surface area contributed by atoms with Crippen LogP contribution in [0.3, 0.4) is 0 Å². The minimum absolute atomic E-state index is 0.0882. The van der Waals surface area contributed by atoms with E-state index in [1.165, 1.54) is 6.08 Å². The maximum Gasteiger partial charge on any atom is 0.416 e. The highest BCUT2D eigenvalue weighted by Crippen LogP contribution is 2.36. The summed E-state index contributed by atoms with van der Waals surface area (Å²) >= 11 is 0. The number of carbonyl (C=O) groups excluding carboxylic acids is 1. The molecule has 0 atom stereocenters. The van der Waals surface area contributed by atoms with Gasteiger partial charge in [-0.2, -0.15) is 13.2 Å². The first kappa shape index (κ1) is 17.6. The summed E-state index contributed by atoms with van der Waals surface area (Å²) in [5.41, 5.74) is 0.306. The van der Waals surface area contributed by atoms with Gasteiger partial charge in [-0.15, -0.1) is 0 Å². The molecule has 1 aliphatic carbocycles. The maximum atomic E-state index is 12.6. The lowest BCUT2D eigenvalue weighted by Crippen LogP contribution is -2.23. The Bertz CT molecular complexity index is 538. The molecule has 126 valence electrons. The highest BCUT2D eigenvalue weighted by atomic mass is 19.4. The smallest absolute Gasteiger partial charge is 0.416 e. The van der Waals surface area contributed by atoms with Crippen molar-refractivity contribution in [3.8, 4) is 0 Å². The minimum Gasteiger partial charge on any atom is -0.459 e. The molecule has 1 aliphatic rings. The SMILES string of the molecule is CC/C=C/C(=O)OC1CCC(c2ccc(C(F)(F)F)cc2)CC1. The Labute approximate surface area is 134 Å². The number of hydrogen-bond acceptors (Lipinski definition) is 2. The number of esters is 1. The zero-order chi connectivity index (χ0) is 16.9. The fourth-order valence-corrected chi connectivity index (χ4v) is 2.88. The number of rotatable bonds is 4. The predicted molar refractivity (Wildman–Crippen MR) is 82.0 cm³/mol. The summed E-state index contributed by atoms with van der Waals surface area (Å²) in [5, 5.41) is 0. The van der Waals surface area contributed by atoms with Gasteiger partial charge in [0.2, 0.25) is 0 Å². The summed E-state index contributed by atoms with van der Waals surface area (Å²) in [5.74, 6) is -0.0803. The minimum atomic E-state index is -4.30. The van der Waals surface area contributed by atoms with E-state index < -0.39 is 11.7 Å². The molecule has 0 radical (unpaired) electrons. The molecule has 0 N–H and O–H groups in total. The van der Waals surface area contributed by atoms with Crippen molar-refractivity contribution in [3.05, 3.63) is 47.5 Å². The lowest BCUT2D eigenvalue weighted by atomic mass is 9.82. The van der Waals surface area contributed by atoms with Gasteiger partial charge in [0.05, 0.1) is 5.56 Å². The second-order valence-corrected chi connectivity index (χ2v) is 5.84. The molecule has 23 heavy (non-hydrogen) atoms. The molecule has 0 saturated heterocycles. The third-order valence-corrected chi connectivity index (χ3v) is 4.16. The summed E-state index contributed by atoms with van der Waals surface area (Å²) in [6.45, 7) is 1.94. The molecule has 1 fully saturated rings. The van der Waals surface area contributed by atoms with E-state index >= 15 is 0 Å². The Hall–Kier alpha value is -1.78. The molecule has 2 nitrogen and oxygen atoms in total. The fraction of sp³-hybridized carbons (Fsp3) is 0.500. The van der Waals surface area contributed by atoms with Crippen molar-refractivity contribution < 1.29 is 22.7 Å². The molecule has 5 heteroatoms. The van der Waals surface area contributed by atoms with Gasteiger partial charge in [-0.05, 0) is 55.7 Å². The summed E-state index contributed by atoms with van der Waals surface area (Å²) in [7, 11) is 0. The Morgan fingerprint density at radius 1 is 1.17 bits per heavy atom. The van der Waals surface area contributed by atoms with Crippen LogP contribution < -0.4 is 0 Å². The van der Waals surface area contributed by atoms with Crippen molar-refractivity contribution in [1.29, 1.82) is 0 Å². The van der Waals surface area contributed by atoms with Crippen molar-refractivity contribution >= 4 is 5.97 Å². The van der Waals surface area contributed by atoms with Gasteiger partial charge in [0, 0.05) is 6.08 Å². The Kier molecular flexibility index (Phi) is 5.85. The quantitative estimate of drug-likeness (QED) is 0.558. The van der Waals surface area contributed by atoms with Crippen LogP contribution in [0.15, 0.2) is 36.4 Å². The third kappa shape index (κ3) is 5.12. The average Bonchev–Trinajstić information content (AvgIpc) is 2.53. The molecule has 1 aromatic carbocycles. The lowest BCUT2D eigenvalue weighted by molar-refractivity contribution is -0.144. The van der Waals surface area contributed by atoms with Gasteiger partial charge in [-0.1, -0.05) is 25.1 Å². The molecule has 0 heterocycles. The third-order valence-electron chi connectivity index (χ3n) is 4.16. The van der Waals surface area contributed by atoms with Crippen LogP contribution in [0.2, 0.25) is 0 Å². The van der Waals surface area contributed by atoms with E-state index in [-0.39, 0.29) is 18.0 Å². The zero-order valence-corrected chi connectivity index (χ0v) is 13.1. The molecule has 0 amide bonds. The van der Waals surface area contributed by atoms with E-state index in [1.54, 1.807) is 18.2 Å². The van der Waals surface area contributed by atoms with Gasteiger partial charge in [-0.3, -0.25) is 0 Å². The number of hydrogen-bond donors (Lipinski definition) is 0. The summed E-state index contributed by atoms with van der Waals surface area (Å²) < 4.78 is 43.1. The number of benzene rings is 1. The molecule has 0 bridgehead atoms. The fourth-order valence-electron chi connectivity index (χ4n) is 2.88. The van der Waals surface area contributed by atoms with Gasteiger partial charge >= 0.3 is 12.1 Å². The number of ether oxygens (including phenoxy) is 1. The van der Waals surface area contributed by atoms with Crippen LogP contribution in [0.25, 0.3) is 0 Å². The van der Waals surface area contributed by atoms with Crippen molar-refractivity contribution in [2.24, 2.45) is 0 Å². The van der Waals surface area contributed by atoms with E-state index in [4.69, 9.17) is 4.74 Å². The van der Waals surface area contributed by atoms with Gasteiger partial charge in [0.25, 0.3) is 0 Å². The summed E-state index contributed by atoms with van der Waals surface area (Å²) in [6, 6.07) is 5.39. The van der Waals surface area contributed by atoms with Crippen LogP contribution in [0.4, 0.5) is 13.2 Å².